The van der Waals surface area contributed by atoms with Crippen LogP contribution in [0.2, 0.25) is 0 Å². The van der Waals surface area contributed by atoms with Gasteiger partial charge in [0.05, 0.1) is 12.7 Å². The molecule has 3 rings (SSSR count). The fourth-order valence-electron chi connectivity index (χ4n) is 4.21. The maximum Gasteiger partial charge on any atom is 0.303 e. The van der Waals surface area contributed by atoms with E-state index >= 15 is 0 Å². The first-order chi connectivity index (χ1) is 14.5. The number of Topliss-reactive ketones (excluding diaryl/α,β-unsaturated/α-hetero) is 1. The number of benzene rings is 1. The summed E-state index contributed by atoms with van der Waals surface area (Å²) in [5.74, 6) is -0.569. The van der Waals surface area contributed by atoms with Crippen molar-refractivity contribution in [3.05, 3.63) is 42.0 Å². The van der Waals surface area contributed by atoms with Crippen molar-refractivity contribution in [3.63, 3.8) is 0 Å². The van der Waals surface area contributed by atoms with Gasteiger partial charge < -0.3 is 24.8 Å². The predicted molar refractivity (Wildman–Crippen MR) is 109 cm³/mol. The second-order valence-corrected chi connectivity index (χ2v) is 8.05. The summed E-state index contributed by atoms with van der Waals surface area (Å²) < 4.78 is 11.4. The number of carboxylic acids is 1. The molecule has 0 amide bonds. The van der Waals surface area contributed by atoms with Crippen molar-refractivity contribution in [3.8, 4) is 5.75 Å². The van der Waals surface area contributed by atoms with E-state index in [1.165, 1.54) is 0 Å². The normalized spacial score (nSPS) is 27.1. The Kier molecular flexibility index (Phi) is 8.01. The lowest BCUT2D eigenvalue weighted by atomic mass is 9.86. The maximum atomic E-state index is 12.3. The Balaban J connectivity index is 1.48. The number of unbranched alkanes of at least 4 members (excludes halogenated alkanes) is 1. The first kappa shape index (κ1) is 22.5. The Morgan fingerprint density at radius 2 is 2.07 bits per heavy atom. The highest BCUT2D eigenvalue weighted by atomic mass is 16.7. The summed E-state index contributed by atoms with van der Waals surface area (Å²) in [6, 6.07) is 7.53. The van der Waals surface area contributed by atoms with Crippen LogP contribution in [0.3, 0.4) is 0 Å². The molecule has 1 aliphatic heterocycles. The summed E-state index contributed by atoms with van der Waals surface area (Å²) in [4.78, 5) is 22.8. The van der Waals surface area contributed by atoms with Gasteiger partial charge in [-0.05, 0) is 44.1 Å². The Labute approximate surface area is 176 Å². The molecule has 1 heterocycles. The van der Waals surface area contributed by atoms with E-state index in [9.17, 15) is 19.8 Å². The minimum Gasteiger partial charge on any atom is -0.481 e. The summed E-state index contributed by atoms with van der Waals surface area (Å²) in [7, 11) is 0. The number of ketones is 1. The number of aliphatic hydroxyl groups excluding tert-OH is 2. The van der Waals surface area contributed by atoms with E-state index in [0.29, 0.717) is 44.5 Å². The molecule has 3 N–H and O–H groups in total. The van der Waals surface area contributed by atoms with Crippen molar-refractivity contribution in [2.45, 2.75) is 70.1 Å². The van der Waals surface area contributed by atoms with Gasteiger partial charge in [0, 0.05) is 24.3 Å². The van der Waals surface area contributed by atoms with E-state index in [4.69, 9.17) is 14.6 Å². The van der Waals surface area contributed by atoms with Gasteiger partial charge >= 0.3 is 5.97 Å². The topological polar surface area (TPSA) is 113 Å². The summed E-state index contributed by atoms with van der Waals surface area (Å²) in [6.07, 6.45) is 4.34. The second kappa shape index (κ2) is 10.7. The molecule has 0 aromatic heterocycles. The summed E-state index contributed by atoms with van der Waals surface area (Å²) in [5, 5.41) is 29.5. The average Bonchev–Trinajstić information content (AvgIpc) is 3.00. The van der Waals surface area contributed by atoms with Gasteiger partial charge in [-0.2, -0.15) is 0 Å². The van der Waals surface area contributed by atoms with E-state index in [-0.39, 0.29) is 30.5 Å². The third kappa shape index (κ3) is 5.90. The molecule has 0 spiro atoms. The molecular formula is C23H30O7. The monoisotopic (exact) mass is 418 g/mol. The van der Waals surface area contributed by atoms with Crippen molar-refractivity contribution in [1.29, 1.82) is 0 Å². The van der Waals surface area contributed by atoms with Crippen molar-refractivity contribution in [1.82, 2.24) is 0 Å². The number of allylic oxidation sites excluding steroid dienone is 2. The number of fused-ring (bicyclic) bond motifs is 1. The fourth-order valence-corrected chi connectivity index (χ4v) is 4.21. The number of carbonyl (C=O) groups is 2. The van der Waals surface area contributed by atoms with Crippen LogP contribution in [-0.2, 0) is 20.9 Å². The predicted octanol–water partition coefficient (Wildman–Crippen LogP) is 2.83. The van der Waals surface area contributed by atoms with Crippen LogP contribution in [0.5, 0.6) is 5.75 Å². The molecule has 30 heavy (non-hydrogen) atoms. The average molecular weight is 418 g/mol. The van der Waals surface area contributed by atoms with E-state index in [1.807, 2.05) is 36.4 Å². The second-order valence-electron chi connectivity index (χ2n) is 8.05. The van der Waals surface area contributed by atoms with Gasteiger partial charge in [-0.3, -0.25) is 9.59 Å². The van der Waals surface area contributed by atoms with Crippen molar-refractivity contribution >= 4 is 11.8 Å². The van der Waals surface area contributed by atoms with E-state index in [1.54, 1.807) is 0 Å². The lowest BCUT2D eigenvalue weighted by molar-refractivity contribution is -0.168. The van der Waals surface area contributed by atoms with Crippen molar-refractivity contribution < 1.29 is 34.4 Å². The lowest BCUT2D eigenvalue weighted by Gasteiger charge is -2.30. The molecule has 2 aliphatic rings. The Morgan fingerprint density at radius 3 is 2.87 bits per heavy atom. The molecule has 1 saturated carbocycles. The van der Waals surface area contributed by atoms with Crippen LogP contribution in [0.25, 0.3) is 0 Å². The van der Waals surface area contributed by atoms with Crippen LogP contribution in [0.15, 0.2) is 36.4 Å². The van der Waals surface area contributed by atoms with Crippen molar-refractivity contribution in [2.24, 2.45) is 11.8 Å². The Morgan fingerprint density at radius 1 is 1.27 bits per heavy atom. The van der Waals surface area contributed by atoms with Crippen LogP contribution >= 0.6 is 0 Å². The number of hydrogen-bond donors (Lipinski definition) is 3. The minimum atomic E-state index is -0.853. The molecule has 1 aliphatic carbocycles. The van der Waals surface area contributed by atoms with Gasteiger partial charge in [0.25, 0.3) is 0 Å². The molecule has 0 saturated heterocycles. The number of carbonyl (C=O) groups excluding carboxylic acids is 1. The molecule has 0 unspecified atom stereocenters. The third-order valence-corrected chi connectivity index (χ3v) is 5.88. The number of hydrogen-bond acceptors (Lipinski definition) is 6. The zero-order valence-electron chi connectivity index (χ0n) is 17.0. The lowest BCUT2D eigenvalue weighted by Crippen LogP contribution is -2.37. The van der Waals surface area contributed by atoms with Gasteiger partial charge in [0.2, 0.25) is 6.29 Å². The van der Waals surface area contributed by atoms with Gasteiger partial charge in [-0.1, -0.05) is 30.4 Å². The summed E-state index contributed by atoms with van der Waals surface area (Å²) in [5.41, 5.74) is 0.938. The molecule has 0 radical (unpaired) electrons. The van der Waals surface area contributed by atoms with E-state index < -0.39 is 24.5 Å². The summed E-state index contributed by atoms with van der Waals surface area (Å²) in [6.45, 7) is 0.373. The van der Waals surface area contributed by atoms with Crippen LogP contribution in [0.1, 0.15) is 50.5 Å². The highest BCUT2D eigenvalue weighted by Crippen LogP contribution is 2.36. The zero-order valence-corrected chi connectivity index (χ0v) is 17.0. The molecule has 7 heteroatoms. The fraction of sp³-hybridized carbons (Fsp3) is 0.565. The van der Waals surface area contributed by atoms with Gasteiger partial charge in [0.1, 0.15) is 17.6 Å². The van der Waals surface area contributed by atoms with Crippen molar-refractivity contribution in [2.75, 3.05) is 0 Å². The number of ether oxygens (including phenoxy) is 2. The van der Waals surface area contributed by atoms with Crippen LogP contribution in [-0.4, -0.2) is 45.6 Å². The summed E-state index contributed by atoms with van der Waals surface area (Å²) >= 11 is 0. The Hall–Kier alpha value is -2.22. The molecule has 1 aromatic rings. The molecule has 1 fully saturated rings. The quantitative estimate of drug-likeness (QED) is 0.395. The van der Waals surface area contributed by atoms with Crippen LogP contribution in [0, 0.1) is 11.8 Å². The molecule has 7 nitrogen and oxygen atoms in total. The van der Waals surface area contributed by atoms with Crippen LogP contribution in [0.4, 0.5) is 0 Å². The number of para-hydroxylation sites is 1. The maximum absolute atomic E-state index is 12.3. The zero-order chi connectivity index (χ0) is 21.5. The molecular weight excluding hydrogens is 388 g/mol. The number of aliphatic carboxylic acids is 1. The molecule has 0 bridgehead atoms. The van der Waals surface area contributed by atoms with Gasteiger partial charge in [-0.15, -0.1) is 0 Å². The highest BCUT2D eigenvalue weighted by molar-refractivity contribution is 5.84. The molecule has 164 valence electrons. The minimum absolute atomic E-state index is 0.0382. The first-order valence-corrected chi connectivity index (χ1v) is 10.6. The molecule has 1 aromatic carbocycles. The largest absolute Gasteiger partial charge is 0.481 e. The Bertz CT molecular complexity index is 760. The third-order valence-electron chi connectivity index (χ3n) is 5.88. The van der Waals surface area contributed by atoms with Gasteiger partial charge in [0.15, 0.2) is 0 Å². The van der Waals surface area contributed by atoms with E-state index in [2.05, 4.69) is 0 Å². The highest BCUT2D eigenvalue weighted by Gasteiger charge is 2.41. The van der Waals surface area contributed by atoms with Gasteiger partial charge in [-0.25, -0.2) is 0 Å². The first-order valence-electron chi connectivity index (χ1n) is 10.6. The van der Waals surface area contributed by atoms with E-state index in [0.717, 1.165) is 5.56 Å². The number of carboxylic acid groups (broad SMARTS) is 1. The number of rotatable bonds is 10. The SMILES string of the molecule is O=C(O)CCC/C=C\C[C@H]1C(=O)C[C@@H](O)[C@@H]1CC[C@H](O)[C@H]1OCc2ccccc2O1. The molecule has 5 atom stereocenters. The number of aliphatic hydroxyl groups is 2. The smallest absolute Gasteiger partial charge is 0.303 e. The van der Waals surface area contributed by atoms with Crippen LogP contribution < -0.4 is 4.74 Å². The standard InChI is InChI=1S/C23H30O7/c24-18(23-29-14-15-7-5-6-9-21(15)30-23)12-11-17-16(19(25)13-20(17)26)8-3-1-2-4-10-22(27)28/h1,3,5-7,9,16-18,20,23-24,26H,2,4,8,10-14H2,(H,27,28)/b3-1-/t16-,17-,18+,20-,23+/m1/s1.